The summed E-state index contributed by atoms with van der Waals surface area (Å²) in [6, 6.07) is 15.1. The van der Waals surface area contributed by atoms with Crippen molar-refractivity contribution in [3.8, 4) is 11.5 Å². The Morgan fingerprint density at radius 1 is 1.08 bits per heavy atom. The van der Waals surface area contributed by atoms with Crippen molar-refractivity contribution in [3.05, 3.63) is 82.4 Å². The number of hydrogen-bond acceptors (Lipinski definition) is 5. The fourth-order valence-corrected chi connectivity index (χ4v) is 5.75. The first-order valence-corrected chi connectivity index (χ1v) is 14.0. The summed E-state index contributed by atoms with van der Waals surface area (Å²) in [5, 5.41) is 13.3. The number of fused-ring (bicyclic) bond motifs is 1. The number of amides is 1. The van der Waals surface area contributed by atoms with Crippen molar-refractivity contribution in [3.63, 3.8) is 0 Å². The molecule has 0 fully saturated rings. The molecular weight excluding hydrogens is 508 g/mol. The molecule has 1 heterocycles. The number of rotatable bonds is 8. The molecule has 1 aliphatic rings. The number of nitrogens with two attached hydrogens (primary N) is 2. The molecule has 7 nitrogen and oxygen atoms in total. The van der Waals surface area contributed by atoms with E-state index in [1.165, 1.54) is 6.08 Å². The maximum Gasteiger partial charge on any atom is 0.248 e. The quantitative estimate of drug-likeness (QED) is 0.117. The van der Waals surface area contributed by atoms with Crippen molar-refractivity contribution in [2.24, 2.45) is 16.5 Å². The third-order valence-corrected chi connectivity index (χ3v) is 8.21. The largest absolute Gasteiger partial charge is 0.507 e. The molecule has 0 saturated heterocycles. The summed E-state index contributed by atoms with van der Waals surface area (Å²) in [5.74, 6) is 2.04. The molecular formula is C31H36N4O3S. The van der Waals surface area contributed by atoms with Crippen LogP contribution in [0.3, 0.4) is 0 Å². The van der Waals surface area contributed by atoms with Gasteiger partial charge < -0.3 is 26.6 Å². The number of nitrogens with one attached hydrogen (secondary N) is 1. The van der Waals surface area contributed by atoms with Crippen molar-refractivity contribution in [2.75, 3.05) is 11.1 Å². The molecule has 0 aliphatic carbocycles. The van der Waals surface area contributed by atoms with E-state index in [0.29, 0.717) is 11.4 Å². The van der Waals surface area contributed by atoms with Crippen molar-refractivity contribution < 1.29 is 14.6 Å². The third-order valence-electron chi connectivity index (χ3n) is 7.19. The lowest BCUT2D eigenvalue weighted by Crippen LogP contribution is -2.37. The second-order valence-corrected chi connectivity index (χ2v) is 11.3. The second kappa shape index (κ2) is 11.9. The molecule has 1 unspecified atom stereocenters. The van der Waals surface area contributed by atoms with E-state index in [1.807, 2.05) is 57.2 Å². The molecule has 204 valence electrons. The predicted octanol–water partition coefficient (Wildman–Crippen LogP) is 6.14. The van der Waals surface area contributed by atoms with Gasteiger partial charge in [0, 0.05) is 28.0 Å². The number of ether oxygens (including phenoxy) is 1. The van der Waals surface area contributed by atoms with Crippen molar-refractivity contribution >= 4 is 41.1 Å². The monoisotopic (exact) mass is 544 g/mol. The Morgan fingerprint density at radius 2 is 1.77 bits per heavy atom. The van der Waals surface area contributed by atoms with E-state index in [1.54, 1.807) is 30.0 Å². The van der Waals surface area contributed by atoms with Gasteiger partial charge >= 0.3 is 0 Å². The average molecular weight is 545 g/mol. The average Bonchev–Trinajstić information content (AvgIpc) is 2.91. The van der Waals surface area contributed by atoms with Crippen LogP contribution in [0.2, 0.25) is 0 Å². The van der Waals surface area contributed by atoms with E-state index in [0.717, 1.165) is 69.2 Å². The SMILES string of the molecule is Cc1c(C)c2c(c(C)c1O)CCC(C)(CCSc1ccc(NC(=O)C=Cc3ccc(N=C(N)N)cc3)cc1)O2. The summed E-state index contributed by atoms with van der Waals surface area (Å²) in [4.78, 5) is 17.5. The minimum absolute atomic E-state index is 0.00326. The van der Waals surface area contributed by atoms with Gasteiger partial charge in [-0.25, -0.2) is 4.99 Å². The minimum Gasteiger partial charge on any atom is -0.507 e. The van der Waals surface area contributed by atoms with Crippen LogP contribution in [0.5, 0.6) is 11.5 Å². The van der Waals surface area contributed by atoms with Crippen LogP contribution >= 0.6 is 11.8 Å². The highest BCUT2D eigenvalue weighted by Gasteiger charge is 2.34. The number of hydrogen-bond donors (Lipinski definition) is 4. The second-order valence-electron chi connectivity index (χ2n) is 10.2. The highest BCUT2D eigenvalue weighted by Crippen LogP contribution is 2.44. The Labute approximate surface area is 234 Å². The number of thioether (sulfide) groups is 1. The van der Waals surface area contributed by atoms with Crippen molar-refractivity contribution in [1.29, 1.82) is 0 Å². The molecule has 8 heteroatoms. The topological polar surface area (TPSA) is 123 Å². The maximum absolute atomic E-state index is 12.4. The number of aromatic hydroxyl groups is 1. The first-order chi connectivity index (χ1) is 18.5. The Hall–Kier alpha value is -3.91. The van der Waals surface area contributed by atoms with Crippen LogP contribution in [-0.2, 0) is 11.2 Å². The summed E-state index contributed by atoms with van der Waals surface area (Å²) in [6.07, 6.45) is 5.96. The van der Waals surface area contributed by atoms with Gasteiger partial charge in [0.25, 0.3) is 0 Å². The summed E-state index contributed by atoms with van der Waals surface area (Å²) < 4.78 is 6.55. The number of nitrogens with zero attached hydrogens (tertiary/aromatic N) is 1. The van der Waals surface area contributed by atoms with Crippen molar-refractivity contribution in [2.45, 2.75) is 57.5 Å². The van der Waals surface area contributed by atoms with Crippen LogP contribution in [0.15, 0.2) is 64.5 Å². The predicted molar refractivity (Wildman–Crippen MR) is 161 cm³/mol. The number of benzene rings is 3. The number of aliphatic imine (C=N–C) groups is 1. The smallest absolute Gasteiger partial charge is 0.248 e. The Kier molecular flexibility index (Phi) is 8.55. The lowest BCUT2D eigenvalue weighted by Gasteiger charge is -2.38. The summed E-state index contributed by atoms with van der Waals surface area (Å²) >= 11 is 1.78. The molecule has 0 spiro atoms. The van der Waals surface area contributed by atoms with E-state index >= 15 is 0 Å². The molecule has 1 atom stereocenters. The number of phenols is 1. The van der Waals surface area contributed by atoms with Gasteiger partial charge in [0.2, 0.25) is 5.91 Å². The Morgan fingerprint density at radius 3 is 2.44 bits per heavy atom. The van der Waals surface area contributed by atoms with Gasteiger partial charge in [0.05, 0.1) is 5.69 Å². The molecule has 3 aromatic rings. The lowest BCUT2D eigenvalue weighted by molar-refractivity contribution is -0.111. The number of carbonyl (C=O) groups excluding carboxylic acids is 1. The molecule has 6 N–H and O–H groups in total. The lowest BCUT2D eigenvalue weighted by atomic mass is 9.86. The van der Waals surface area contributed by atoms with Crippen molar-refractivity contribution in [1.82, 2.24) is 0 Å². The Balaban J connectivity index is 1.27. The molecule has 1 aliphatic heterocycles. The van der Waals surface area contributed by atoms with Gasteiger partial charge in [-0.15, -0.1) is 11.8 Å². The summed E-state index contributed by atoms with van der Waals surface area (Å²) in [6.45, 7) is 8.12. The van der Waals surface area contributed by atoms with Crippen LogP contribution in [0, 0.1) is 20.8 Å². The van der Waals surface area contributed by atoms with E-state index in [9.17, 15) is 9.90 Å². The van der Waals surface area contributed by atoms with Gasteiger partial charge in [-0.1, -0.05) is 12.1 Å². The normalized spacial score (nSPS) is 16.4. The maximum atomic E-state index is 12.4. The zero-order valence-corrected chi connectivity index (χ0v) is 23.7. The summed E-state index contributed by atoms with van der Waals surface area (Å²) in [5.41, 5.74) is 16.8. The molecule has 0 saturated carbocycles. The highest BCUT2D eigenvalue weighted by atomic mass is 32.2. The molecule has 0 radical (unpaired) electrons. The third kappa shape index (κ3) is 6.95. The van der Waals surface area contributed by atoms with Crippen LogP contribution in [0.1, 0.15) is 47.6 Å². The molecule has 3 aromatic carbocycles. The van der Waals surface area contributed by atoms with Crippen LogP contribution < -0.4 is 21.5 Å². The minimum atomic E-state index is -0.244. The number of carbonyl (C=O) groups is 1. The van der Waals surface area contributed by atoms with Crippen LogP contribution in [0.4, 0.5) is 11.4 Å². The van der Waals surface area contributed by atoms with Gasteiger partial charge in [-0.3, -0.25) is 4.79 Å². The first-order valence-electron chi connectivity index (χ1n) is 13.0. The molecule has 1 amide bonds. The Bertz CT molecular complexity index is 1410. The fourth-order valence-electron chi connectivity index (χ4n) is 4.65. The zero-order chi connectivity index (χ0) is 28.2. The molecule has 0 aromatic heterocycles. The van der Waals surface area contributed by atoms with E-state index in [2.05, 4.69) is 17.2 Å². The van der Waals surface area contributed by atoms with Gasteiger partial charge in [0.1, 0.15) is 17.1 Å². The van der Waals surface area contributed by atoms with E-state index in [-0.39, 0.29) is 17.5 Å². The summed E-state index contributed by atoms with van der Waals surface area (Å²) in [7, 11) is 0. The van der Waals surface area contributed by atoms with Gasteiger partial charge in [0.15, 0.2) is 5.96 Å². The number of guanidine groups is 1. The van der Waals surface area contributed by atoms with Crippen LogP contribution in [-0.4, -0.2) is 28.3 Å². The number of phenolic OH excluding ortho intramolecular Hbond substituents is 1. The molecule has 4 rings (SSSR count). The van der Waals surface area contributed by atoms with E-state index < -0.39 is 0 Å². The molecule has 39 heavy (non-hydrogen) atoms. The molecule has 0 bridgehead atoms. The van der Waals surface area contributed by atoms with E-state index in [4.69, 9.17) is 16.2 Å². The number of anilines is 1. The highest BCUT2D eigenvalue weighted by molar-refractivity contribution is 7.99. The standard InChI is InChI=1S/C31H36N4O3S/c1-19-20(2)29-26(21(3)28(19)37)15-16-31(4,38-29)17-18-39-25-12-10-23(11-13-25)34-27(36)14-7-22-5-8-24(9-6-22)35-30(32)33/h5-14,37H,15-18H2,1-4H3,(H,34,36)(H4,32,33,35). The first kappa shape index (κ1) is 28.1. The fraction of sp³-hybridized carbons (Fsp3) is 0.290. The van der Waals surface area contributed by atoms with Gasteiger partial charge in [-0.2, -0.15) is 0 Å². The van der Waals surface area contributed by atoms with Crippen LogP contribution in [0.25, 0.3) is 6.08 Å². The van der Waals surface area contributed by atoms with Gasteiger partial charge in [-0.05, 0) is 112 Å². The zero-order valence-electron chi connectivity index (χ0n) is 22.9.